The van der Waals surface area contributed by atoms with E-state index in [1.54, 1.807) is 10.7 Å². The van der Waals surface area contributed by atoms with Crippen molar-refractivity contribution in [3.05, 3.63) is 12.3 Å². The molecule has 1 heterocycles. The standard InChI is InChI=1S/C5H9N5S/c1-10-3-2-4(9-10)7-5(11)8-6/h2-3H,6H2,1H3,(H2,7,8,9,11). The van der Waals surface area contributed by atoms with E-state index in [1.807, 2.05) is 13.2 Å². The van der Waals surface area contributed by atoms with Crippen molar-refractivity contribution in [3.8, 4) is 0 Å². The van der Waals surface area contributed by atoms with Crippen LogP contribution in [0.15, 0.2) is 12.3 Å². The van der Waals surface area contributed by atoms with Crippen molar-refractivity contribution in [2.75, 3.05) is 5.32 Å². The van der Waals surface area contributed by atoms with E-state index in [1.165, 1.54) is 0 Å². The summed E-state index contributed by atoms with van der Waals surface area (Å²) in [6.07, 6.45) is 1.81. The van der Waals surface area contributed by atoms with Gasteiger partial charge >= 0.3 is 0 Å². The first-order valence-electron chi connectivity index (χ1n) is 2.99. The Bertz CT molecular complexity index is 255. The van der Waals surface area contributed by atoms with E-state index >= 15 is 0 Å². The number of anilines is 1. The van der Waals surface area contributed by atoms with Gasteiger partial charge in [-0.15, -0.1) is 0 Å². The largest absolute Gasteiger partial charge is 0.315 e. The zero-order chi connectivity index (χ0) is 8.27. The number of nitrogens with one attached hydrogen (secondary N) is 2. The maximum Gasteiger partial charge on any atom is 0.186 e. The highest BCUT2D eigenvalue weighted by Gasteiger charge is 1.96. The molecule has 0 spiro atoms. The van der Waals surface area contributed by atoms with Gasteiger partial charge < -0.3 is 10.7 Å². The van der Waals surface area contributed by atoms with E-state index in [0.717, 1.165) is 0 Å². The quantitative estimate of drug-likeness (QED) is 0.304. The normalized spacial score (nSPS) is 9.27. The van der Waals surface area contributed by atoms with Crippen molar-refractivity contribution >= 4 is 23.1 Å². The van der Waals surface area contributed by atoms with Crippen LogP contribution in [0.1, 0.15) is 0 Å². The topological polar surface area (TPSA) is 67.9 Å². The molecule has 0 aliphatic rings. The van der Waals surface area contributed by atoms with E-state index in [4.69, 9.17) is 18.1 Å². The molecule has 0 bridgehead atoms. The minimum Gasteiger partial charge on any atom is -0.315 e. The van der Waals surface area contributed by atoms with Gasteiger partial charge in [-0.25, -0.2) is 5.84 Å². The molecule has 0 fully saturated rings. The number of nitrogens with two attached hydrogens (primary N) is 1. The number of hydrogen-bond donors (Lipinski definition) is 3. The number of aromatic nitrogens is 2. The van der Waals surface area contributed by atoms with Crippen LogP contribution in [0.5, 0.6) is 0 Å². The third-order valence-corrected chi connectivity index (χ3v) is 1.31. The molecule has 0 saturated heterocycles. The molecule has 0 aliphatic heterocycles. The minimum absolute atomic E-state index is 0.351. The maximum absolute atomic E-state index is 5.04. The Labute approximate surface area is 69.5 Å². The van der Waals surface area contributed by atoms with Crippen molar-refractivity contribution in [3.63, 3.8) is 0 Å². The van der Waals surface area contributed by atoms with Crippen LogP contribution in [0.3, 0.4) is 0 Å². The molecule has 6 heteroatoms. The van der Waals surface area contributed by atoms with Crippen LogP contribution in [0, 0.1) is 0 Å². The summed E-state index contributed by atoms with van der Waals surface area (Å²) in [7, 11) is 1.82. The summed E-state index contributed by atoms with van der Waals surface area (Å²) in [5.41, 5.74) is 2.29. The fourth-order valence-electron chi connectivity index (χ4n) is 0.634. The average Bonchev–Trinajstić information content (AvgIpc) is 2.35. The van der Waals surface area contributed by atoms with Crippen molar-refractivity contribution < 1.29 is 0 Å². The molecule has 60 valence electrons. The number of rotatable bonds is 1. The Morgan fingerprint density at radius 2 is 2.55 bits per heavy atom. The molecule has 1 aromatic rings. The molecule has 0 aliphatic carbocycles. The van der Waals surface area contributed by atoms with Gasteiger partial charge in [0, 0.05) is 19.3 Å². The van der Waals surface area contributed by atoms with Crippen LogP contribution in [0.2, 0.25) is 0 Å². The average molecular weight is 171 g/mol. The van der Waals surface area contributed by atoms with Gasteiger partial charge in [-0.2, -0.15) is 5.10 Å². The second-order valence-electron chi connectivity index (χ2n) is 1.97. The summed E-state index contributed by atoms with van der Waals surface area (Å²) in [5.74, 6) is 5.71. The lowest BCUT2D eigenvalue weighted by Gasteiger charge is -2.01. The first-order valence-corrected chi connectivity index (χ1v) is 3.40. The monoisotopic (exact) mass is 171 g/mol. The van der Waals surface area contributed by atoms with Gasteiger partial charge in [0.15, 0.2) is 10.9 Å². The van der Waals surface area contributed by atoms with Gasteiger partial charge in [0.2, 0.25) is 0 Å². The SMILES string of the molecule is Cn1ccc(NC(=S)NN)n1. The van der Waals surface area contributed by atoms with Crippen molar-refractivity contribution in [2.24, 2.45) is 12.9 Å². The Morgan fingerprint density at radius 1 is 1.82 bits per heavy atom. The summed E-state index contributed by atoms with van der Waals surface area (Å²) in [5, 5.41) is 7.15. The molecule has 4 N–H and O–H groups in total. The molecule has 1 aromatic heterocycles. The van der Waals surface area contributed by atoms with Gasteiger partial charge in [0.05, 0.1) is 0 Å². The van der Waals surface area contributed by atoms with Gasteiger partial charge in [0.25, 0.3) is 0 Å². The van der Waals surface area contributed by atoms with Crippen LogP contribution in [-0.4, -0.2) is 14.9 Å². The smallest absolute Gasteiger partial charge is 0.186 e. The van der Waals surface area contributed by atoms with Crippen LogP contribution in [0.4, 0.5) is 5.82 Å². The first kappa shape index (κ1) is 7.96. The molecule has 0 unspecified atom stereocenters. The highest BCUT2D eigenvalue weighted by atomic mass is 32.1. The predicted octanol–water partition coefficient (Wildman–Crippen LogP) is -0.420. The zero-order valence-electron chi connectivity index (χ0n) is 6.03. The summed E-state index contributed by atoms with van der Waals surface area (Å²) in [4.78, 5) is 0. The molecule has 0 amide bonds. The fourth-order valence-corrected chi connectivity index (χ4v) is 0.739. The van der Waals surface area contributed by atoms with Gasteiger partial charge in [-0.05, 0) is 12.2 Å². The maximum atomic E-state index is 5.04. The fraction of sp³-hybridized carbons (Fsp3) is 0.200. The van der Waals surface area contributed by atoms with E-state index < -0.39 is 0 Å². The van der Waals surface area contributed by atoms with E-state index in [2.05, 4.69) is 15.8 Å². The molecular weight excluding hydrogens is 162 g/mol. The Morgan fingerprint density at radius 3 is 3.00 bits per heavy atom. The molecule has 0 radical (unpaired) electrons. The van der Waals surface area contributed by atoms with E-state index in [9.17, 15) is 0 Å². The highest BCUT2D eigenvalue weighted by molar-refractivity contribution is 7.80. The highest BCUT2D eigenvalue weighted by Crippen LogP contribution is 1.99. The number of thiocarbonyl (C=S) groups is 1. The Kier molecular flexibility index (Phi) is 2.40. The third-order valence-electron chi connectivity index (χ3n) is 1.09. The van der Waals surface area contributed by atoms with Crippen LogP contribution >= 0.6 is 12.2 Å². The Hall–Kier alpha value is -1.14. The second-order valence-corrected chi connectivity index (χ2v) is 2.38. The minimum atomic E-state index is 0.351. The van der Waals surface area contributed by atoms with Crippen molar-refractivity contribution in [2.45, 2.75) is 0 Å². The Balaban J connectivity index is 2.57. The number of hydrazine groups is 1. The lowest BCUT2D eigenvalue weighted by atomic mass is 10.6. The lowest BCUT2D eigenvalue weighted by Crippen LogP contribution is -2.34. The van der Waals surface area contributed by atoms with Gasteiger partial charge in [-0.1, -0.05) is 0 Å². The van der Waals surface area contributed by atoms with Crippen molar-refractivity contribution in [1.29, 1.82) is 0 Å². The van der Waals surface area contributed by atoms with Crippen molar-refractivity contribution in [1.82, 2.24) is 15.2 Å². The predicted molar refractivity (Wildman–Crippen MR) is 46.8 cm³/mol. The number of nitrogens with zero attached hydrogens (tertiary/aromatic N) is 2. The molecule has 1 rings (SSSR count). The first-order chi connectivity index (χ1) is 5.22. The summed E-state index contributed by atoms with van der Waals surface area (Å²) < 4.78 is 1.67. The summed E-state index contributed by atoms with van der Waals surface area (Å²) in [6, 6.07) is 1.80. The van der Waals surface area contributed by atoms with Crippen LogP contribution in [0.25, 0.3) is 0 Å². The number of aryl methyl sites for hydroxylation is 1. The molecular formula is C5H9N5S. The molecule has 5 nitrogen and oxygen atoms in total. The molecule has 0 atom stereocenters. The van der Waals surface area contributed by atoms with Gasteiger partial charge in [0.1, 0.15) is 0 Å². The molecule has 11 heavy (non-hydrogen) atoms. The van der Waals surface area contributed by atoms with Gasteiger partial charge in [-0.3, -0.25) is 4.68 Å². The van der Waals surface area contributed by atoms with E-state index in [-0.39, 0.29) is 0 Å². The summed E-state index contributed by atoms with van der Waals surface area (Å²) in [6.45, 7) is 0. The van der Waals surface area contributed by atoms with Crippen LogP contribution < -0.4 is 16.6 Å². The third kappa shape index (κ3) is 2.17. The summed E-state index contributed by atoms with van der Waals surface area (Å²) >= 11 is 4.75. The molecule has 0 aromatic carbocycles. The zero-order valence-corrected chi connectivity index (χ0v) is 6.85. The van der Waals surface area contributed by atoms with Crippen LogP contribution in [-0.2, 0) is 7.05 Å². The molecule has 0 saturated carbocycles. The van der Waals surface area contributed by atoms with E-state index in [0.29, 0.717) is 10.9 Å². The lowest BCUT2D eigenvalue weighted by molar-refractivity contribution is 0.771. The second kappa shape index (κ2) is 3.31. The number of hydrogen-bond acceptors (Lipinski definition) is 3.